The molecule has 0 bridgehead atoms. The van der Waals surface area contributed by atoms with E-state index in [9.17, 15) is 9.59 Å². The third-order valence-electron chi connectivity index (χ3n) is 10.5. The van der Waals surface area contributed by atoms with Crippen molar-refractivity contribution in [2.45, 2.75) is 112 Å². The number of ketones is 1. The molecule has 4 rings (SSSR count). The summed E-state index contributed by atoms with van der Waals surface area (Å²) in [4.78, 5) is 24.3. The minimum atomic E-state index is -0.163. The molecule has 0 N–H and O–H groups in total. The summed E-state index contributed by atoms with van der Waals surface area (Å²) < 4.78 is 6.04. The van der Waals surface area contributed by atoms with Gasteiger partial charge in [0.25, 0.3) is 0 Å². The standard InChI is InChI=1S/C29H46O3/c1-18(2)8-7-9-19(3)23-10-11-24-27-25(13-15-29(23,24)6)28(5)14-12-22(31)16-21(28)17-26(27)32-20(4)30/h16,18-19,23-27H,7-15,17H2,1-6H3/t19-,23-,24+,25+,26-,27+,28+,29-/m1/s1. The second-order valence-corrected chi connectivity index (χ2v) is 12.7. The lowest BCUT2D eigenvalue weighted by atomic mass is 9.45. The van der Waals surface area contributed by atoms with Crippen molar-refractivity contribution in [2.24, 2.45) is 46.3 Å². The van der Waals surface area contributed by atoms with Crippen molar-refractivity contribution in [1.29, 1.82) is 0 Å². The fraction of sp³-hybridized carbons (Fsp3) is 0.862. The Kier molecular flexibility index (Phi) is 6.69. The number of hydrogen-bond donors (Lipinski definition) is 0. The molecule has 0 aliphatic heterocycles. The van der Waals surface area contributed by atoms with Gasteiger partial charge in [-0.3, -0.25) is 9.59 Å². The maximum absolute atomic E-state index is 12.2. The highest BCUT2D eigenvalue weighted by Crippen LogP contribution is 2.68. The lowest BCUT2D eigenvalue weighted by molar-refractivity contribution is -0.166. The van der Waals surface area contributed by atoms with Crippen LogP contribution in [0.5, 0.6) is 0 Å². The Morgan fingerprint density at radius 3 is 2.53 bits per heavy atom. The van der Waals surface area contributed by atoms with E-state index in [1.807, 2.05) is 6.08 Å². The molecular formula is C29H46O3. The number of rotatable bonds is 6. The molecular weight excluding hydrogens is 396 g/mol. The zero-order valence-electron chi connectivity index (χ0n) is 21.4. The highest BCUT2D eigenvalue weighted by molar-refractivity contribution is 5.91. The van der Waals surface area contributed by atoms with E-state index in [-0.39, 0.29) is 23.3 Å². The number of ether oxygens (including phenoxy) is 1. The number of fused-ring (bicyclic) bond motifs is 5. The number of hydrogen-bond acceptors (Lipinski definition) is 3. The molecule has 3 fully saturated rings. The third-order valence-corrected chi connectivity index (χ3v) is 10.5. The largest absolute Gasteiger partial charge is 0.462 e. The lowest BCUT2D eigenvalue weighted by Gasteiger charge is -2.60. The first-order valence-corrected chi connectivity index (χ1v) is 13.5. The highest BCUT2D eigenvalue weighted by atomic mass is 16.5. The van der Waals surface area contributed by atoms with E-state index in [0.717, 1.165) is 30.6 Å². The van der Waals surface area contributed by atoms with E-state index >= 15 is 0 Å². The summed E-state index contributed by atoms with van der Waals surface area (Å²) in [5, 5.41) is 0. The van der Waals surface area contributed by atoms with Gasteiger partial charge in [0, 0.05) is 25.7 Å². The van der Waals surface area contributed by atoms with Gasteiger partial charge in [0.15, 0.2) is 5.78 Å². The van der Waals surface area contributed by atoms with Crippen molar-refractivity contribution in [3.8, 4) is 0 Å². The van der Waals surface area contributed by atoms with E-state index in [2.05, 4.69) is 34.6 Å². The van der Waals surface area contributed by atoms with Gasteiger partial charge in [-0.15, -0.1) is 0 Å². The van der Waals surface area contributed by atoms with Gasteiger partial charge in [-0.05, 0) is 78.6 Å². The smallest absolute Gasteiger partial charge is 0.302 e. The molecule has 0 aromatic carbocycles. The molecule has 0 amide bonds. The quantitative estimate of drug-likeness (QED) is 0.411. The number of carbonyl (C=O) groups excluding carboxylic acids is 2. The van der Waals surface area contributed by atoms with Gasteiger partial charge in [-0.2, -0.15) is 0 Å². The molecule has 0 spiro atoms. The van der Waals surface area contributed by atoms with Crippen molar-refractivity contribution in [1.82, 2.24) is 0 Å². The van der Waals surface area contributed by atoms with Crippen LogP contribution in [0, 0.1) is 46.3 Å². The van der Waals surface area contributed by atoms with Crippen molar-refractivity contribution >= 4 is 11.8 Å². The summed E-state index contributed by atoms with van der Waals surface area (Å²) in [7, 11) is 0. The van der Waals surface area contributed by atoms with Gasteiger partial charge in [0.1, 0.15) is 6.10 Å². The Labute approximate surface area is 196 Å². The maximum Gasteiger partial charge on any atom is 0.302 e. The van der Waals surface area contributed by atoms with Crippen molar-refractivity contribution in [3.05, 3.63) is 11.6 Å². The van der Waals surface area contributed by atoms with Crippen LogP contribution in [0.1, 0.15) is 106 Å². The molecule has 8 atom stereocenters. The second kappa shape index (κ2) is 8.91. The molecule has 4 aliphatic rings. The topological polar surface area (TPSA) is 43.4 Å². The van der Waals surface area contributed by atoms with Crippen molar-refractivity contribution in [3.63, 3.8) is 0 Å². The van der Waals surface area contributed by atoms with Gasteiger partial charge in [-0.25, -0.2) is 0 Å². The van der Waals surface area contributed by atoms with Crippen LogP contribution in [0.2, 0.25) is 0 Å². The second-order valence-electron chi connectivity index (χ2n) is 12.7. The predicted octanol–water partition coefficient (Wildman–Crippen LogP) is 7.14. The molecule has 0 heterocycles. The fourth-order valence-electron chi connectivity index (χ4n) is 8.86. The molecule has 0 saturated heterocycles. The van der Waals surface area contributed by atoms with Gasteiger partial charge < -0.3 is 4.74 Å². The van der Waals surface area contributed by atoms with Crippen LogP contribution in [0.3, 0.4) is 0 Å². The Balaban J connectivity index is 1.60. The normalized spacial score (nSPS) is 42.0. The van der Waals surface area contributed by atoms with Crippen LogP contribution >= 0.6 is 0 Å². The summed E-state index contributed by atoms with van der Waals surface area (Å²) in [6.07, 6.45) is 13.4. The number of carbonyl (C=O) groups is 2. The fourth-order valence-corrected chi connectivity index (χ4v) is 8.86. The van der Waals surface area contributed by atoms with Crippen LogP contribution in [-0.2, 0) is 14.3 Å². The Bertz CT molecular complexity index is 766. The van der Waals surface area contributed by atoms with Gasteiger partial charge >= 0.3 is 5.97 Å². The van der Waals surface area contributed by atoms with Gasteiger partial charge in [0.05, 0.1) is 0 Å². The number of esters is 1. The summed E-state index contributed by atoms with van der Waals surface area (Å²) in [5.41, 5.74) is 1.73. The first-order valence-electron chi connectivity index (χ1n) is 13.5. The first kappa shape index (κ1) is 24.0. The van der Waals surface area contributed by atoms with E-state index in [1.54, 1.807) is 6.92 Å². The lowest BCUT2D eigenvalue weighted by Crippen LogP contribution is -2.56. The molecule has 32 heavy (non-hydrogen) atoms. The zero-order chi connectivity index (χ0) is 23.3. The van der Waals surface area contributed by atoms with Crippen LogP contribution in [-0.4, -0.2) is 17.9 Å². The van der Waals surface area contributed by atoms with Crippen LogP contribution < -0.4 is 0 Å². The Hall–Kier alpha value is -1.12. The Morgan fingerprint density at radius 1 is 1.09 bits per heavy atom. The molecule has 3 heteroatoms. The van der Waals surface area contributed by atoms with Gasteiger partial charge in [-0.1, -0.05) is 59.5 Å². The molecule has 0 unspecified atom stereocenters. The van der Waals surface area contributed by atoms with Crippen molar-refractivity contribution in [2.75, 3.05) is 0 Å². The summed E-state index contributed by atoms with van der Waals surface area (Å²) in [5.74, 6) is 4.07. The summed E-state index contributed by atoms with van der Waals surface area (Å²) in [6, 6.07) is 0. The molecule has 3 nitrogen and oxygen atoms in total. The Morgan fingerprint density at radius 2 is 1.84 bits per heavy atom. The van der Waals surface area contributed by atoms with Gasteiger partial charge in [0.2, 0.25) is 0 Å². The summed E-state index contributed by atoms with van der Waals surface area (Å²) >= 11 is 0. The zero-order valence-corrected chi connectivity index (χ0v) is 21.4. The first-order chi connectivity index (χ1) is 15.1. The highest BCUT2D eigenvalue weighted by Gasteiger charge is 2.62. The van der Waals surface area contributed by atoms with E-state index < -0.39 is 0 Å². The summed E-state index contributed by atoms with van der Waals surface area (Å²) in [6.45, 7) is 13.7. The third kappa shape index (κ3) is 4.11. The molecule has 0 radical (unpaired) electrons. The predicted molar refractivity (Wildman–Crippen MR) is 129 cm³/mol. The van der Waals surface area contributed by atoms with E-state index in [4.69, 9.17) is 4.74 Å². The SMILES string of the molecule is CC(=O)O[C@@H]1CC2=CC(=O)CC[C@]2(C)[C@H]2CC[C@]3(C)[C@@H]([C@H](C)CCCC(C)C)CC[C@H]3[C@H]12. The van der Waals surface area contributed by atoms with E-state index in [1.165, 1.54) is 50.5 Å². The molecule has 0 aromatic rings. The minimum absolute atomic E-state index is 0.0534. The molecule has 0 aromatic heterocycles. The average molecular weight is 443 g/mol. The van der Waals surface area contributed by atoms with Crippen molar-refractivity contribution < 1.29 is 14.3 Å². The molecule has 4 aliphatic carbocycles. The van der Waals surface area contributed by atoms with Crippen LogP contribution in [0.25, 0.3) is 0 Å². The monoisotopic (exact) mass is 442 g/mol. The maximum atomic E-state index is 12.2. The molecule has 3 saturated carbocycles. The van der Waals surface area contributed by atoms with E-state index in [0.29, 0.717) is 29.6 Å². The average Bonchev–Trinajstić information content (AvgIpc) is 3.05. The minimum Gasteiger partial charge on any atom is -0.462 e. The van der Waals surface area contributed by atoms with Crippen LogP contribution in [0.15, 0.2) is 11.6 Å². The van der Waals surface area contributed by atoms with Crippen LogP contribution in [0.4, 0.5) is 0 Å². The molecule has 180 valence electrons.